The normalized spacial score (nSPS) is 14.7. The molecule has 0 radical (unpaired) electrons. The number of rotatable bonds is 8. The average Bonchev–Trinajstić information content (AvgIpc) is 2.39. The Hall–Kier alpha value is -0.860. The zero-order valence-electron chi connectivity index (χ0n) is 11.9. The molecule has 0 aliphatic rings. The fourth-order valence-corrected chi connectivity index (χ4v) is 2.15. The van der Waals surface area contributed by atoms with Gasteiger partial charge in [-0.05, 0) is 17.9 Å². The number of aliphatic hydroxyl groups excluding tert-OH is 1. The summed E-state index contributed by atoms with van der Waals surface area (Å²) in [6.45, 7) is 6.71. The Morgan fingerprint density at radius 1 is 1.17 bits per heavy atom. The third-order valence-electron chi connectivity index (χ3n) is 3.46. The van der Waals surface area contributed by atoms with Gasteiger partial charge in [-0.15, -0.1) is 0 Å². The van der Waals surface area contributed by atoms with Crippen LogP contribution in [0.1, 0.15) is 51.6 Å². The highest BCUT2D eigenvalue weighted by molar-refractivity contribution is 5.19. The van der Waals surface area contributed by atoms with Gasteiger partial charge in [-0.1, -0.05) is 63.9 Å². The molecule has 0 spiro atoms. The highest BCUT2D eigenvalue weighted by Gasteiger charge is 2.18. The minimum atomic E-state index is 0.173. The second-order valence-corrected chi connectivity index (χ2v) is 5.31. The van der Waals surface area contributed by atoms with Crippen molar-refractivity contribution in [2.45, 2.75) is 52.1 Å². The number of unbranched alkanes of at least 4 members (excludes halogenated alkanes) is 1. The average molecular weight is 249 g/mol. The predicted molar refractivity (Wildman–Crippen MR) is 77.6 cm³/mol. The van der Waals surface area contributed by atoms with Crippen LogP contribution in [0, 0.1) is 5.92 Å². The quantitative estimate of drug-likeness (QED) is 0.739. The molecule has 102 valence electrons. The fraction of sp³-hybridized carbons (Fsp3) is 0.625. The largest absolute Gasteiger partial charge is 0.395 e. The Balaban J connectivity index is 2.72. The van der Waals surface area contributed by atoms with Crippen molar-refractivity contribution in [3.63, 3.8) is 0 Å². The molecule has 1 rings (SSSR count). The zero-order valence-corrected chi connectivity index (χ0v) is 11.9. The molecule has 18 heavy (non-hydrogen) atoms. The number of nitrogens with one attached hydrogen (secondary N) is 1. The van der Waals surface area contributed by atoms with Gasteiger partial charge in [0.25, 0.3) is 0 Å². The van der Waals surface area contributed by atoms with E-state index >= 15 is 0 Å². The maximum absolute atomic E-state index is 9.46. The topological polar surface area (TPSA) is 32.3 Å². The van der Waals surface area contributed by atoms with Gasteiger partial charge in [0.1, 0.15) is 0 Å². The summed E-state index contributed by atoms with van der Waals surface area (Å²) in [4.78, 5) is 0. The Bertz CT molecular complexity index is 310. The van der Waals surface area contributed by atoms with E-state index in [0.717, 1.165) is 6.42 Å². The van der Waals surface area contributed by atoms with Crippen LogP contribution in [0.3, 0.4) is 0 Å². The third-order valence-corrected chi connectivity index (χ3v) is 3.46. The number of hydrogen-bond acceptors (Lipinski definition) is 2. The summed E-state index contributed by atoms with van der Waals surface area (Å²) in [7, 11) is 0. The monoisotopic (exact) mass is 249 g/mol. The van der Waals surface area contributed by atoms with Crippen molar-refractivity contribution in [1.29, 1.82) is 0 Å². The van der Waals surface area contributed by atoms with Crippen LogP contribution >= 0.6 is 0 Å². The van der Waals surface area contributed by atoms with Crippen molar-refractivity contribution in [2.75, 3.05) is 6.61 Å². The molecule has 2 unspecified atom stereocenters. The van der Waals surface area contributed by atoms with E-state index in [9.17, 15) is 5.11 Å². The molecule has 2 nitrogen and oxygen atoms in total. The van der Waals surface area contributed by atoms with Crippen molar-refractivity contribution < 1.29 is 5.11 Å². The smallest absolute Gasteiger partial charge is 0.0587 e. The van der Waals surface area contributed by atoms with Crippen LogP contribution in [0.2, 0.25) is 0 Å². The first kappa shape index (κ1) is 15.2. The van der Waals surface area contributed by atoms with Crippen LogP contribution in [0.15, 0.2) is 30.3 Å². The summed E-state index contributed by atoms with van der Waals surface area (Å²) in [6, 6.07) is 11.1. The molecular weight excluding hydrogens is 222 g/mol. The maximum Gasteiger partial charge on any atom is 0.0587 e. The van der Waals surface area contributed by atoms with Crippen LogP contribution < -0.4 is 5.32 Å². The SMILES string of the molecule is CCCCC(NC(CO)C(C)C)c1ccccc1. The molecule has 1 aromatic carbocycles. The molecule has 2 atom stereocenters. The van der Waals surface area contributed by atoms with E-state index < -0.39 is 0 Å². The predicted octanol–water partition coefficient (Wildman–Crippen LogP) is 3.52. The van der Waals surface area contributed by atoms with Crippen LogP contribution in [0.5, 0.6) is 0 Å². The number of hydrogen-bond donors (Lipinski definition) is 2. The van der Waals surface area contributed by atoms with Gasteiger partial charge in [0.15, 0.2) is 0 Å². The minimum absolute atomic E-state index is 0.173. The van der Waals surface area contributed by atoms with Gasteiger partial charge in [-0.3, -0.25) is 0 Å². The molecule has 0 saturated heterocycles. The lowest BCUT2D eigenvalue weighted by molar-refractivity contribution is 0.196. The standard InChI is InChI=1S/C16H27NO/c1-4-5-11-15(14-9-7-6-8-10-14)17-16(12-18)13(2)3/h6-10,13,15-18H,4-5,11-12H2,1-3H3. The van der Waals surface area contributed by atoms with Crippen molar-refractivity contribution in [1.82, 2.24) is 5.32 Å². The highest BCUT2D eigenvalue weighted by atomic mass is 16.3. The van der Waals surface area contributed by atoms with Crippen molar-refractivity contribution in [2.24, 2.45) is 5.92 Å². The first-order valence-corrected chi connectivity index (χ1v) is 7.10. The second kappa shape index (κ2) is 8.28. The van der Waals surface area contributed by atoms with E-state index in [0.29, 0.717) is 12.0 Å². The molecule has 1 aromatic rings. The second-order valence-electron chi connectivity index (χ2n) is 5.31. The van der Waals surface area contributed by atoms with E-state index in [-0.39, 0.29) is 12.6 Å². The number of benzene rings is 1. The van der Waals surface area contributed by atoms with E-state index in [2.05, 4.69) is 50.4 Å². The highest BCUT2D eigenvalue weighted by Crippen LogP contribution is 2.21. The van der Waals surface area contributed by atoms with E-state index in [4.69, 9.17) is 0 Å². The molecule has 0 fully saturated rings. The lowest BCUT2D eigenvalue weighted by atomic mass is 9.97. The summed E-state index contributed by atoms with van der Waals surface area (Å²) in [5, 5.41) is 13.1. The molecule has 0 aliphatic carbocycles. The molecule has 0 aliphatic heterocycles. The lowest BCUT2D eigenvalue weighted by Crippen LogP contribution is -2.39. The Morgan fingerprint density at radius 2 is 1.83 bits per heavy atom. The molecule has 2 heteroatoms. The van der Waals surface area contributed by atoms with Gasteiger partial charge in [0.05, 0.1) is 6.61 Å². The summed E-state index contributed by atoms with van der Waals surface area (Å²) in [5.41, 5.74) is 1.32. The molecule has 0 amide bonds. The summed E-state index contributed by atoms with van der Waals surface area (Å²) >= 11 is 0. The minimum Gasteiger partial charge on any atom is -0.395 e. The van der Waals surface area contributed by atoms with Crippen LogP contribution in [0.4, 0.5) is 0 Å². The summed E-state index contributed by atoms with van der Waals surface area (Å²) < 4.78 is 0. The molecule has 0 aromatic heterocycles. The van der Waals surface area contributed by atoms with Gasteiger partial charge in [0, 0.05) is 12.1 Å². The summed E-state index contributed by atoms with van der Waals surface area (Å²) in [5.74, 6) is 0.447. The van der Waals surface area contributed by atoms with Crippen LogP contribution in [-0.4, -0.2) is 17.8 Å². The van der Waals surface area contributed by atoms with Crippen LogP contribution in [0.25, 0.3) is 0 Å². The fourth-order valence-electron chi connectivity index (χ4n) is 2.15. The molecule has 0 saturated carbocycles. The van der Waals surface area contributed by atoms with E-state index in [1.807, 2.05) is 6.07 Å². The van der Waals surface area contributed by atoms with Gasteiger partial charge in [0.2, 0.25) is 0 Å². The first-order valence-electron chi connectivity index (χ1n) is 7.10. The molecular formula is C16H27NO. The van der Waals surface area contributed by atoms with Crippen molar-refractivity contribution >= 4 is 0 Å². The van der Waals surface area contributed by atoms with E-state index in [1.165, 1.54) is 18.4 Å². The van der Waals surface area contributed by atoms with E-state index in [1.54, 1.807) is 0 Å². The summed E-state index contributed by atoms with van der Waals surface area (Å²) in [6.07, 6.45) is 3.54. The zero-order chi connectivity index (χ0) is 13.4. The maximum atomic E-state index is 9.46. The Morgan fingerprint density at radius 3 is 2.33 bits per heavy atom. The van der Waals surface area contributed by atoms with Crippen molar-refractivity contribution in [3.05, 3.63) is 35.9 Å². The molecule has 0 bridgehead atoms. The van der Waals surface area contributed by atoms with Crippen molar-refractivity contribution in [3.8, 4) is 0 Å². The molecule has 0 heterocycles. The molecule has 2 N–H and O–H groups in total. The van der Waals surface area contributed by atoms with Gasteiger partial charge < -0.3 is 10.4 Å². The van der Waals surface area contributed by atoms with Gasteiger partial charge >= 0.3 is 0 Å². The van der Waals surface area contributed by atoms with Gasteiger partial charge in [-0.25, -0.2) is 0 Å². The van der Waals surface area contributed by atoms with Crippen LogP contribution in [-0.2, 0) is 0 Å². The Kier molecular flexibility index (Phi) is 6.99. The first-order chi connectivity index (χ1) is 8.69. The number of aliphatic hydroxyl groups is 1. The third kappa shape index (κ3) is 4.79. The Labute approximate surface area is 111 Å². The lowest BCUT2D eigenvalue weighted by Gasteiger charge is -2.27. The van der Waals surface area contributed by atoms with Gasteiger partial charge in [-0.2, -0.15) is 0 Å².